The lowest BCUT2D eigenvalue weighted by molar-refractivity contribution is -0.352. The van der Waals surface area contributed by atoms with Crippen LogP contribution in [0.5, 0.6) is 5.75 Å². The number of halogens is 1. The molecule has 0 radical (unpaired) electrons. The van der Waals surface area contributed by atoms with Crippen molar-refractivity contribution in [1.29, 1.82) is 0 Å². The molecular weight excluding hydrogens is 736 g/mol. The molecule has 8 heteroatoms. The molecule has 1 aliphatic heterocycles. The maximum atomic E-state index is 16.4. The third kappa shape index (κ3) is 9.68. The van der Waals surface area contributed by atoms with Gasteiger partial charge < -0.3 is 28.8 Å². The summed E-state index contributed by atoms with van der Waals surface area (Å²) in [4.78, 5) is 0.990. The van der Waals surface area contributed by atoms with E-state index in [1.54, 1.807) is 17.4 Å². The van der Waals surface area contributed by atoms with Crippen LogP contribution in [0.15, 0.2) is 164 Å². The van der Waals surface area contributed by atoms with E-state index in [0.29, 0.717) is 25.0 Å². The SMILES string of the molecule is OC1(c2cc(Cc3cc4ccccc4s3)c(F)cc2OCc2ccccc2)OC(COCc2ccccc2)CC(OCc2ccccc2)C1OCc1ccccc1. The summed E-state index contributed by atoms with van der Waals surface area (Å²) in [5.74, 6) is -2.44. The summed E-state index contributed by atoms with van der Waals surface area (Å²) >= 11 is 1.62. The first-order chi connectivity index (χ1) is 28.0. The van der Waals surface area contributed by atoms with Gasteiger partial charge in [-0.3, -0.25) is 0 Å². The monoisotopic (exact) mass is 780 g/mol. The first-order valence-corrected chi connectivity index (χ1v) is 20.1. The Labute approximate surface area is 337 Å². The van der Waals surface area contributed by atoms with Gasteiger partial charge in [0.1, 0.15) is 24.3 Å². The van der Waals surface area contributed by atoms with E-state index in [4.69, 9.17) is 23.7 Å². The highest BCUT2D eigenvalue weighted by atomic mass is 32.1. The van der Waals surface area contributed by atoms with Gasteiger partial charge in [0.05, 0.1) is 44.2 Å². The average molecular weight is 781 g/mol. The number of fused-ring (bicyclic) bond motifs is 1. The molecule has 57 heavy (non-hydrogen) atoms. The number of aliphatic hydroxyl groups is 1. The Kier molecular flexibility index (Phi) is 12.5. The molecule has 2 heterocycles. The summed E-state index contributed by atoms with van der Waals surface area (Å²) in [6.45, 7) is 1.13. The number of ether oxygens (including phenoxy) is 5. The second-order valence-electron chi connectivity index (χ2n) is 14.4. The Morgan fingerprint density at radius 2 is 1.21 bits per heavy atom. The summed E-state index contributed by atoms with van der Waals surface area (Å²) in [6.07, 6.45) is -1.64. The van der Waals surface area contributed by atoms with Crippen LogP contribution in [0.1, 0.15) is 44.7 Å². The molecule has 6 aromatic carbocycles. The van der Waals surface area contributed by atoms with Gasteiger partial charge in [0.2, 0.25) is 5.79 Å². The van der Waals surface area contributed by atoms with E-state index < -0.39 is 29.9 Å². The molecule has 0 spiro atoms. The van der Waals surface area contributed by atoms with Crippen LogP contribution in [0, 0.1) is 5.82 Å². The molecule has 4 atom stereocenters. The van der Waals surface area contributed by atoms with Gasteiger partial charge in [-0.15, -0.1) is 11.3 Å². The van der Waals surface area contributed by atoms with Gasteiger partial charge in [0.25, 0.3) is 0 Å². The molecule has 8 rings (SSSR count). The third-order valence-corrected chi connectivity index (χ3v) is 11.3. The van der Waals surface area contributed by atoms with E-state index >= 15 is 4.39 Å². The molecule has 4 unspecified atom stereocenters. The highest BCUT2D eigenvalue weighted by Crippen LogP contribution is 2.45. The Balaban J connectivity index is 1.20. The normalized spacial score (nSPS) is 19.4. The highest BCUT2D eigenvalue weighted by Gasteiger charge is 2.53. The maximum absolute atomic E-state index is 16.4. The van der Waals surface area contributed by atoms with Crippen molar-refractivity contribution in [3.8, 4) is 5.75 Å². The molecule has 290 valence electrons. The van der Waals surface area contributed by atoms with Gasteiger partial charge >= 0.3 is 0 Å². The number of thiophene rings is 1. The van der Waals surface area contributed by atoms with Gasteiger partial charge in [-0.2, -0.15) is 0 Å². The fraction of sp³-hybridized carbons (Fsp3) is 0.224. The molecule has 7 aromatic rings. The Bertz CT molecular complexity index is 2290. The summed E-state index contributed by atoms with van der Waals surface area (Å²) < 4.78 is 50.4. The molecule has 0 aliphatic carbocycles. The van der Waals surface area contributed by atoms with E-state index in [-0.39, 0.29) is 37.7 Å². The van der Waals surface area contributed by atoms with E-state index in [2.05, 4.69) is 18.2 Å². The molecule has 1 aromatic heterocycles. The number of rotatable bonds is 16. The molecular formula is C49H45FO6S. The highest BCUT2D eigenvalue weighted by molar-refractivity contribution is 7.19. The molecule has 1 fully saturated rings. The van der Waals surface area contributed by atoms with Gasteiger partial charge in [-0.25, -0.2) is 4.39 Å². The number of benzene rings is 6. The summed E-state index contributed by atoms with van der Waals surface area (Å²) in [5, 5.41) is 14.4. The maximum Gasteiger partial charge on any atom is 0.226 e. The summed E-state index contributed by atoms with van der Waals surface area (Å²) in [7, 11) is 0. The first-order valence-electron chi connectivity index (χ1n) is 19.3. The zero-order chi connectivity index (χ0) is 38.9. The van der Waals surface area contributed by atoms with Crippen LogP contribution in [0.25, 0.3) is 10.1 Å². The van der Waals surface area contributed by atoms with Crippen molar-refractivity contribution >= 4 is 21.4 Å². The number of hydrogen-bond donors (Lipinski definition) is 1. The second-order valence-corrected chi connectivity index (χ2v) is 15.5. The molecule has 0 amide bonds. The molecule has 1 saturated heterocycles. The van der Waals surface area contributed by atoms with E-state index in [0.717, 1.165) is 37.2 Å². The van der Waals surface area contributed by atoms with Crippen molar-refractivity contribution < 1.29 is 33.2 Å². The Morgan fingerprint density at radius 1 is 0.649 bits per heavy atom. The predicted molar refractivity (Wildman–Crippen MR) is 221 cm³/mol. The lowest BCUT2D eigenvalue weighted by atomic mass is 9.87. The Hall–Kier alpha value is -5.19. The minimum absolute atomic E-state index is 0.145. The van der Waals surface area contributed by atoms with Gasteiger partial charge in [0.15, 0.2) is 0 Å². The van der Waals surface area contributed by atoms with E-state index in [1.807, 2.05) is 133 Å². The smallest absolute Gasteiger partial charge is 0.226 e. The standard InChI is InChI=1S/C49H45FO6S/c50-44-29-45(53-31-36-17-7-2-8-18-36)43(27-40(44)26-42-25-39-23-13-14-24-47(39)57-42)49(51)48(55-33-38-21-11-4-12-22-38)46(54-32-37-19-9-3-10-20-37)28-41(56-49)34-52-30-35-15-5-1-6-16-35/h1-25,27,29,41,46,48,51H,26,28,30-34H2. The lowest BCUT2D eigenvalue weighted by Crippen LogP contribution is -2.58. The topological polar surface area (TPSA) is 66.4 Å². The quantitative estimate of drug-likeness (QED) is 0.105. The average Bonchev–Trinajstić information content (AvgIpc) is 3.66. The van der Waals surface area contributed by atoms with Crippen LogP contribution < -0.4 is 4.74 Å². The molecule has 6 nitrogen and oxygen atoms in total. The molecule has 0 saturated carbocycles. The first kappa shape index (κ1) is 38.7. The third-order valence-electron chi connectivity index (χ3n) is 10.2. The van der Waals surface area contributed by atoms with Gasteiger partial charge in [0, 0.05) is 28.5 Å². The van der Waals surface area contributed by atoms with Crippen molar-refractivity contribution in [3.63, 3.8) is 0 Å². The molecule has 1 N–H and O–H groups in total. The fourth-order valence-electron chi connectivity index (χ4n) is 7.30. The van der Waals surface area contributed by atoms with E-state index in [9.17, 15) is 5.11 Å². The van der Waals surface area contributed by atoms with Gasteiger partial charge in [-0.1, -0.05) is 140 Å². The van der Waals surface area contributed by atoms with Crippen molar-refractivity contribution in [1.82, 2.24) is 0 Å². The zero-order valence-corrected chi connectivity index (χ0v) is 32.4. The van der Waals surface area contributed by atoms with Crippen molar-refractivity contribution in [3.05, 3.63) is 208 Å². The van der Waals surface area contributed by atoms with Crippen LogP contribution in [0.3, 0.4) is 0 Å². The number of hydrogen-bond acceptors (Lipinski definition) is 7. The lowest BCUT2D eigenvalue weighted by Gasteiger charge is -2.47. The van der Waals surface area contributed by atoms with Crippen molar-refractivity contribution in [2.45, 2.75) is 63.4 Å². The minimum Gasteiger partial charge on any atom is -0.488 e. The van der Waals surface area contributed by atoms with Crippen LogP contribution in [0.2, 0.25) is 0 Å². The molecule has 1 aliphatic rings. The summed E-state index contributed by atoms with van der Waals surface area (Å²) in [5.41, 5.74) is 4.46. The van der Waals surface area contributed by atoms with Crippen LogP contribution in [0.4, 0.5) is 4.39 Å². The van der Waals surface area contributed by atoms with Crippen LogP contribution >= 0.6 is 11.3 Å². The molecule has 0 bridgehead atoms. The second kappa shape index (κ2) is 18.4. The van der Waals surface area contributed by atoms with E-state index in [1.165, 1.54) is 6.07 Å². The Morgan fingerprint density at radius 3 is 1.84 bits per heavy atom. The van der Waals surface area contributed by atoms with Crippen LogP contribution in [-0.2, 0) is 57.6 Å². The summed E-state index contributed by atoms with van der Waals surface area (Å²) in [6, 6.07) is 52.5. The van der Waals surface area contributed by atoms with Crippen molar-refractivity contribution in [2.24, 2.45) is 0 Å². The van der Waals surface area contributed by atoms with Gasteiger partial charge in [-0.05, 0) is 51.4 Å². The van der Waals surface area contributed by atoms with Crippen LogP contribution in [-0.4, -0.2) is 30.0 Å². The van der Waals surface area contributed by atoms with Crippen molar-refractivity contribution in [2.75, 3.05) is 6.61 Å². The predicted octanol–water partition coefficient (Wildman–Crippen LogP) is 10.5. The minimum atomic E-state index is -2.15. The largest absolute Gasteiger partial charge is 0.488 e. The zero-order valence-electron chi connectivity index (χ0n) is 31.5. The fourth-order valence-corrected chi connectivity index (χ4v) is 8.39.